The van der Waals surface area contributed by atoms with Crippen molar-refractivity contribution in [3.63, 3.8) is 0 Å². The molecule has 4 aliphatic carbocycles. The minimum atomic E-state index is -1.26. The van der Waals surface area contributed by atoms with Crippen LogP contribution in [-0.2, 0) is 43.0 Å². The molecule has 4 rings (SSSR count). The van der Waals surface area contributed by atoms with E-state index < -0.39 is 95.4 Å². The summed E-state index contributed by atoms with van der Waals surface area (Å²) in [6.45, 7) is 9.98. The van der Waals surface area contributed by atoms with Crippen LogP contribution in [0.3, 0.4) is 0 Å². The lowest BCUT2D eigenvalue weighted by molar-refractivity contribution is -0.178. The summed E-state index contributed by atoms with van der Waals surface area (Å²) in [5.74, 6) is -12.6. The molecular formula is C26H30O11. The SMILES string of the molecule is C=C(C)C(=O)OC1CC2CC1C(C(=O)O)C2C(=O)OC(=O)C1C2CC(OC(=O)C(=C)C)C(C2)C1C(=O)O. The molecule has 10 unspecified atom stereocenters. The molecule has 0 radical (unpaired) electrons. The van der Waals surface area contributed by atoms with Gasteiger partial charge in [0.1, 0.15) is 12.2 Å². The van der Waals surface area contributed by atoms with Crippen molar-refractivity contribution in [2.45, 2.75) is 51.7 Å². The Morgan fingerprint density at radius 2 is 0.973 bits per heavy atom. The number of fused-ring (bicyclic) bond motifs is 4. The van der Waals surface area contributed by atoms with Gasteiger partial charge in [0.25, 0.3) is 0 Å². The van der Waals surface area contributed by atoms with Crippen molar-refractivity contribution >= 4 is 35.8 Å². The summed E-state index contributed by atoms with van der Waals surface area (Å²) in [6, 6.07) is 0. The molecule has 11 heteroatoms. The van der Waals surface area contributed by atoms with Crippen LogP contribution in [0, 0.1) is 47.3 Å². The Kier molecular flexibility index (Phi) is 7.00. The first-order valence-corrected chi connectivity index (χ1v) is 12.3. The Labute approximate surface area is 212 Å². The van der Waals surface area contributed by atoms with E-state index in [1.54, 1.807) is 0 Å². The molecule has 0 amide bonds. The molecule has 37 heavy (non-hydrogen) atoms. The number of aliphatic carboxylic acids is 2. The number of esters is 4. The molecule has 11 nitrogen and oxygen atoms in total. The second-order valence-corrected chi connectivity index (χ2v) is 10.8. The quantitative estimate of drug-likeness (QED) is 0.208. The van der Waals surface area contributed by atoms with Crippen molar-refractivity contribution in [2.75, 3.05) is 0 Å². The summed E-state index contributed by atoms with van der Waals surface area (Å²) in [5.41, 5.74) is 0.346. The van der Waals surface area contributed by atoms with Crippen LogP contribution in [0.5, 0.6) is 0 Å². The zero-order valence-corrected chi connectivity index (χ0v) is 20.6. The van der Waals surface area contributed by atoms with Crippen molar-refractivity contribution in [2.24, 2.45) is 47.3 Å². The molecule has 0 aromatic carbocycles. The van der Waals surface area contributed by atoms with Crippen molar-refractivity contribution in [1.29, 1.82) is 0 Å². The molecule has 200 valence electrons. The Bertz CT molecular complexity index is 1010. The second-order valence-electron chi connectivity index (χ2n) is 10.8. The normalized spacial score (nSPS) is 37.0. The molecule has 4 fully saturated rings. The average molecular weight is 519 g/mol. The van der Waals surface area contributed by atoms with Crippen LogP contribution in [0.4, 0.5) is 0 Å². The van der Waals surface area contributed by atoms with E-state index in [2.05, 4.69) is 13.2 Å². The van der Waals surface area contributed by atoms with E-state index in [0.29, 0.717) is 12.8 Å². The predicted molar refractivity (Wildman–Crippen MR) is 122 cm³/mol. The van der Waals surface area contributed by atoms with E-state index in [-0.39, 0.29) is 24.0 Å². The Hall–Kier alpha value is -3.50. The second kappa shape index (κ2) is 9.75. The number of hydrogen-bond donors (Lipinski definition) is 2. The summed E-state index contributed by atoms with van der Waals surface area (Å²) in [5, 5.41) is 19.7. The monoisotopic (exact) mass is 518 g/mol. The lowest BCUT2D eigenvalue weighted by atomic mass is 9.77. The summed E-state index contributed by atoms with van der Waals surface area (Å²) >= 11 is 0. The topological polar surface area (TPSA) is 171 Å². The lowest BCUT2D eigenvalue weighted by Crippen LogP contribution is -2.45. The zero-order chi connectivity index (χ0) is 27.3. The van der Waals surface area contributed by atoms with Gasteiger partial charge in [-0.1, -0.05) is 13.2 Å². The summed E-state index contributed by atoms with van der Waals surface area (Å²) < 4.78 is 15.9. The maximum absolute atomic E-state index is 13.1. The van der Waals surface area contributed by atoms with Gasteiger partial charge in [0.2, 0.25) is 0 Å². The van der Waals surface area contributed by atoms with Gasteiger partial charge >= 0.3 is 35.8 Å². The molecule has 0 aromatic rings. The average Bonchev–Trinajstić information content (AvgIpc) is 3.56. The van der Waals surface area contributed by atoms with E-state index in [0.717, 1.165) is 0 Å². The predicted octanol–water partition coefficient (Wildman–Crippen LogP) is 1.75. The van der Waals surface area contributed by atoms with Gasteiger partial charge in [0.15, 0.2) is 0 Å². The van der Waals surface area contributed by atoms with E-state index in [9.17, 15) is 39.0 Å². The van der Waals surface area contributed by atoms with Gasteiger partial charge in [0.05, 0.1) is 23.7 Å². The maximum Gasteiger partial charge on any atom is 0.333 e. The third kappa shape index (κ3) is 4.67. The molecule has 0 saturated heterocycles. The van der Waals surface area contributed by atoms with Gasteiger partial charge in [-0.25, -0.2) is 9.59 Å². The van der Waals surface area contributed by atoms with Crippen LogP contribution in [-0.4, -0.2) is 58.2 Å². The standard InChI is InChI=1S/C26H30O11/c1-9(2)23(31)35-15-7-11-5-13(15)19(21(27)28)17(11)25(33)37-26(34)18-12-6-14(20(18)22(29)30)16(8-12)36-24(32)10(3)4/h11-20H,1,3,5-8H2,2,4H3,(H,27,28)(H,29,30). The number of carboxylic acids is 2. The Balaban J connectivity index is 1.44. The summed E-state index contributed by atoms with van der Waals surface area (Å²) in [6.07, 6.45) is -0.222. The fourth-order valence-corrected chi connectivity index (χ4v) is 6.94. The molecule has 0 spiro atoms. The van der Waals surface area contributed by atoms with Crippen molar-refractivity contribution in [3.8, 4) is 0 Å². The third-order valence-corrected chi connectivity index (χ3v) is 8.42. The fraction of sp³-hybridized carbons (Fsp3) is 0.615. The molecule has 0 aromatic heterocycles. The van der Waals surface area contributed by atoms with Gasteiger partial charge < -0.3 is 24.4 Å². The van der Waals surface area contributed by atoms with Crippen LogP contribution in [0.2, 0.25) is 0 Å². The van der Waals surface area contributed by atoms with E-state index in [4.69, 9.17) is 14.2 Å². The lowest BCUT2D eigenvalue weighted by Gasteiger charge is -2.33. The fourth-order valence-electron chi connectivity index (χ4n) is 6.94. The molecule has 2 N–H and O–H groups in total. The Morgan fingerprint density at radius 3 is 1.27 bits per heavy atom. The minimum Gasteiger partial charge on any atom is -0.481 e. The third-order valence-electron chi connectivity index (χ3n) is 8.42. The first-order chi connectivity index (χ1) is 17.3. The number of ether oxygens (including phenoxy) is 3. The van der Waals surface area contributed by atoms with Crippen molar-refractivity contribution in [1.82, 2.24) is 0 Å². The van der Waals surface area contributed by atoms with Gasteiger partial charge in [-0.05, 0) is 51.4 Å². The molecular weight excluding hydrogens is 488 g/mol. The van der Waals surface area contributed by atoms with Crippen LogP contribution >= 0.6 is 0 Å². The first-order valence-electron chi connectivity index (χ1n) is 12.3. The zero-order valence-electron chi connectivity index (χ0n) is 20.6. The molecule has 0 heterocycles. The van der Waals surface area contributed by atoms with E-state index >= 15 is 0 Å². The molecule has 4 bridgehead atoms. The number of rotatable bonds is 8. The van der Waals surface area contributed by atoms with Crippen LogP contribution in [0.25, 0.3) is 0 Å². The van der Waals surface area contributed by atoms with Crippen molar-refractivity contribution in [3.05, 3.63) is 24.3 Å². The van der Waals surface area contributed by atoms with Gasteiger partial charge in [-0.2, -0.15) is 0 Å². The number of hydrogen-bond acceptors (Lipinski definition) is 9. The number of carbonyl (C=O) groups excluding carboxylic acids is 4. The highest BCUT2D eigenvalue weighted by Crippen LogP contribution is 2.56. The molecule has 4 saturated carbocycles. The number of carbonyl (C=O) groups is 6. The highest BCUT2D eigenvalue weighted by atomic mass is 16.6. The van der Waals surface area contributed by atoms with Gasteiger partial charge in [-0.3, -0.25) is 19.2 Å². The summed E-state index contributed by atoms with van der Waals surface area (Å²) in [7, 11) is 0. The van der Waals surface area contributed by atoms with Gasteiger partial charge in [-0.15, -0.1) is 0 Å². The smallest absolute Gasteiger partial charge is 0.333 e. The maximum atomic E-state index is 13.1. The minimum absolute atomic E-state index is 0.173. The highest BCUT2D eigenvalue weighted by Gasteiger charge is 2.63. The van der Waals surface area contributed by atoms with Crippen LogP contribution < -0.4 is 0 Å². The molecule has 0 aliphatic heterocycles. The Morgan fingerprint density at radius 1 is 0.622 bits per heavy atom. The van der Waals surface area contributed by atoms with Crippen molar-refractivity contribution < 1.29 is 53.2 Å². The first kappa shape index (κ1) is 26.6. The molecule has 10 atom stereocenters. The van der Waals surface area contributed by atoms with Crippen LogP contribution in [0.1, 0.15) is 39.5 Å². The van der Waals surface area contributed by atoms with E-state index in [1.165, 1.54) is 13.8 Å². The largest absolute Gasteiger partial charge is 0.481 e. The summed E-state index contributed by atoms with van der Waals surface area (Å²) in [4.78, 5) is 74.1. The highest BCUT2D eigenvalue weighted by molar-refractivity contribution is 5.93. The van der Waals surface area contributed by atoms with E-state index in [1.807, 2.05) is 0 Å². The molecule has 4 aliphatic rings. The van der Waals surface area contributed by atoms with Crippen LogP contribution in [0.15, 0.2) is 24.3 Å². The number of carboxylic acid groups (broad SMARTS) is 2. The van der Waals surface area contributed by atoms with Gasteiger partial charge in [0, 0.05) is 23.0 Å².